The fourth-order valence-corrected chi connectivity index (χ4v) is 4.31. The summed E-state index contributed by atoms with van der Waals surface area (Å²) in [5.41, 5.74) is 1.26. The van der Waals surface area contributed by atoms with Gasteiger partial charge in [-0.05, 0) is 30.7 Å². The van der Waals surface area contributed by atoms with Crippen molar-refractivity contribution in [2.75, 3.05) is 0 Å². The molecule has 0 fully saturated rings. The van der Waals surface area contributed by atoms with Gasteiger partial charge < -0.3 is 9.88 Å². The Morgan fingerprint density at radius 1 is 1.28 bits per heavy atom. The molecule has 0 unspecified atom stereocenters. The van der Waals surface area contributed by atoms with E-state index in [4.69, 9.17) is 23.2 Å². The van der Waals surface area contributed by atoms with Crippen molar-refractivity contribution >= 4 is 46.6 Å². The number of benzene rings is 2. The first kappa shape index (κ1) is 23.8. The van der Waals surface area contributed by atoms with Crippen LogP contribution in [0.2, 0.25) is 10.0 Å². The third kappa shape index (κ3) is 5.67. The molecule has 0 aliphatic heterocycles. The van der Waals surface area contributed by atoms with Crippen molar-refractivity contribution in [3.8, 4) is 0 Å². The van der Waals surface area contributed by atoms with Crippen molar-refractivity contribution < 1.29 is 9.72 Å². The number of hydrogen-bond donors (Lipinski definition) is 1. The van der Waals surface area contributed by atoms with Crippen LogP contribution in [-0.2, 0) is 12.3 Å². The number of thioether (sulfide) groups is 1. The van der Waals surface area contributed by atoms with Gasteiger partial charge in [0.1, 0.15) is 0 Å². The van der Waals surface area contributed by atoms with Crippen LogP contribution < -0.4 is 5.32 Å². The van der Waals surface area contributed by atoms with Gasteiger partial charge in [0, 0.05) is 29.5 Å². The highest BCUT2D eigenvalue weighted by molar-refractivity contribution is 7.98. The molecular formula is C21H19Cl2N5O3S. The number of carbonyl (C=O) groups is 1. The van der Waals surface area contributed by atoms with Gasteiger partial charge in [0.2, 0.25) is 0 Å². The van der Waals surface area contributed by atoms with Crippen LogP contribution in [0.25, 0.3) is 0 Å². The molecular weight excluding hydrogens is 473 g/mol. The topological polar surface area (TPSA) is 103 Å². The smallest absolute Gasteiger partial charge is 0.269 e. The van der Waals surface area contributed by atoms with Gasteiger partial charge in [0.05, 0.1) is 21.6 Å². The average molecular weight is 492 g/mol. The highest BCUT2D eigenvalue weighted by Gasteiger charge is 2.21. The minimum atomic E-state index is -0.449. The van der Waals surface area contributed by atoms with Crippen LogP contribution in [0.5, 0.6) is 0 Å². The summed E-state index contributed by atoms with van der Waals surface area (Å²) in [6.45, 7) is 6.04. The predicted molar refractivity (Wildman–Crippen MR) is 125 cm³/mol. The molecule has 166 valence electrons. The maximum absolute atomic E-state index is 12.7. The summed E-state index contributed by atoms with van der Waals surface area (Å²) in [5.74, 6) is 0.760. The minimum Gasteiger partial charge on any atom is -0.342 e. The Balaban J connectivity index is 1.73. The summed E-state index contributed by atoms with van der Waals surface area (Å²) in [5, 5.41) is 23.5. The van der Waals surface area contributed by atoms with Crippen molar-refractivity contribution in [1.29, 1.82) is 0 Å². The van der Waals surface area contributed by atoms with Crippen LogP contribution in [-0.4, -0.2) is 25.6 Å². The summed E-state index contributed by atoms with van der Waals surface area (Å²) in [6, 6.07) is 10.6. The largest absolute Gasteiger partial charge is 0.342 e. The Hall–Kier alpha value is -2.88. The van der Waals surface area contributed by atoms with Crippen molar-refractivity contribution in [3.63, 3.8) is 0 Å². The monoisotopic (exact) mass is 491 g/mol. The molecule has 0 saturated heterocycles. The highest BCUT2D eigenvalue weighted by atomic mass is 35.5. The number of allylic oxidation sites excluding steroid dienone is 1. The summed E-state index contributed by atoms with van der Waals surface area (Å²) in [4.78, 5) is 23.0. The number of nitro groups is 1. The fourth-order valence-electron chi connectivity index (χ4n) is 2.90. The molecule has 32 heavy (non-hydrogen) atoms. The van der Waals surface area contributed by atoms with Crippen LogP contribution >= 0.6 is 35.0 Å². The van der Waals surface area contributed by atoms with Gasteiger partial charge in [0.15, 0.2) is 11.0 Å². The third-order valence-corrected chi connectivity index (χ3v) is 6.07. The van der Waals surface area contributed by atoms with E-state index in [1.807, 2.05) is 4.57 Å². The molecule has 0 radical (unpaired) electrons. The van der Waals surface area contributed by atoms with Crippen molar-refractivity contribution in [2.24, 2.45) is 0 Å². The van der Waals surface area contributed by atoms with E-state index in [-0.39, 0.29) is 16.6 Å². The second-order valence-corrected chi connectivity index (χ2v) is 8.56. The van der Waals surface area contributed by atoms with Crippen molar-refractivity contribution in [3.05, 3.63) is 92.2 Å². The molecule has 8 nitrogen and oxygen atoms in total. The van der Waals surface area contributed by atoms with Crippen LogP contribution in [0.3, 0.4) is 0 Å². The lowest BCUT2D eigenvalue weighted by atomic mass is 10.2. The minimum absolute atomic E-state index is 0.0428. The zero-order chi connectivity index (χ0) is 23.3. The zero-order valence-electron chi connectivity index (χ0n) is 17.0. The molecule has 3 aromatic rings. The molecule has 1 heterocycles. The standard InChI is InChI=1S/C21H19Cl2N5O3S/c1-3-10-27-19(13(2)24-20(29)17-9-6-15(22)11-18(17)23)25-26-21(27)32-12-14-4-7-16(8-5-14)28(30)31/h3-9,11,13H,1,10,12H2,2H3,(H,24,29)/t13-/m1/s1. The first-order chi connectivity index (χ1) is 15.3. The first-order valence-electron chi connectivity index (χ1n) is 9.46. The van der Waals surface area contributed by atoms with E-state index in [1.165, 1.54) is 30.0 Å². The maximum Gasteiger partial charge on any atom is 0.269 e. The Morgan fingerprint density at radius 2 is 2.00 bits per heavy atom. The first-order valence-corrected chi connectivity index (χ1v) is 11.2. The maximum atomic E-state index is 12.7. The molecule has 1 amide bonds. The van der Waals surface area contributed by atoms with E-state index < -0.39 is 11.0 Å². The molecule has 0 aliphatic rings. The van der Waals surface area contributed by atoms with E-state index in [2.05, 4.69) is 22.1 Å². The number of nitro benzene ring substituents is 1. The summed E-state index contributed by atoms with van der Waals surface area (Å²) >= 11 is 13.5. The van der Waals surface area contributed by atoms with E-state index in [1.54, 1.807) is 37.3 Å². The van der Waals surface area contributed by atoms with Gasteiger partial charge in [-0.25, -0.2) is 0 Å². The lowest BCUT2D eigenvalue weighted by Crippen LogP contribution is -2.29. The number of rotatable bonds is 9. The number of hydrogen-bond acceptors (Lipinski definition) is 6. The number of nitrogens with one attached hydrogen (secondary N) is 1. The van der Waals surface area contributed by atoms with E-state index in [0.29, 0.717) is 33.9 Å². The van der Waals surface area contributed by atoms with E-state index in [9.17, 15) is 14.9 Å². The Labute approximate surface area is 198 Å². The lowest BCUT2D eigenvalue weighted by molar-refractivity contribution is -0.384. The summed E-state index contributed by atoms with van der Waals surface area (Å²) < 4.78 is 1.86. The second-order valence-electron chi connectivity index (χ2n) is 6.77. The molecule has 0 spiro atoms. The van der Waals surface area contributed by atoms with E-state index in [0.717, 1.165) is 5.56 Å². The van der Waals surface area contributed by atoms with Crippen LogP contribution in [0.15, 0.2) is 60.3 Å². The SMILES string of the molecule is C=CCn1c(SCc2ccc([N+](=O)[O-])cc2)nnc1[C@@H](C)NC(=O)c1ccc(Cl)cc1Cl. The van der Waals surface area contributed by atoms with Crippen LogP contribution in [0.4, 0.5) is 5.69 Å². The molecule has 3 rings (SSSR count). The third-order valence-electron chi connectivity index (χ3n) is 4.48. The number of nitrogens with zero attached hydrogens (tertiary/aromatic N) is 4. The highest BCUT2D eigenvalue weighted by Crippen LogP contribution is 2.26. The Bertz CT molecular complexity index is 1150. The van der Waals surface area contributed by atoms with Crippen molar-refractivity contribution in [2.45, 2.75) is 30.4 Å². The molecule has 0 saturated carbocycles. The quantitative estimate of drug-likeness (QED) is 0.184. The van der Waals surface area contributed by atoms with Gasteiger partial charge in [-0.1, -0.05) is 53.2 Å². The molecule has 11 heteroatoms. The van der Waals surface area contributed by atoms with Gasteiger partial charge in [-0.2, -0.15) is 0 Å². The van der Waals surface area contributed by atoms with Gasteiger partial charge in [0.25, 0.3) is 11.6 Å². The van der Waals surface area contributed by atoms with Gasteiger partial charge in [-0.3, -0.25) is 14.9 Å². The molecule has 0 bridgehead atoms. The molecule has 1 N–H and O–H groups in total. The number of aromatic nitrogens is 3. The number of halogens is 2. The molecule has 2 aromatic carbocycles. The predicted octanol–water partition coefficient (Wildman–Crippen LogP) is 5.46. The molecule has 1 aromatic heterocycles. The van der Waals surface area contributed by atoms with Crippen LogP contribution in [0.1, 0.15) is 34.7 Å². The summed E-state index contributed by atoms with van der Waals surface area (Å²) in [6.07, 6.45) is 1.72. The van der Waals surface area contributed by atoms with Crippen molar-refractivity contribution in [1.82, 2.24) is 20.1 Å². The van der Waals surface area contributed by atoms with Gasteiger partial charge in [-0.15, -0.1) is 16.8 Å². The number of carbonyl (C=O) groups excluding carboxylic acids is 1. The Morgan fingerprint density at radius 3 is 2.62 bits per heavy atom. The molecule has 1 atom stereocenters. The lowest BCUT2D eigenvalue weighted by Gasteiger charge is -2.16. The van der Waals surface area contributed by atoms with E-state index >= 15 is 0 Å². The zero-order valence-corrected chi connectivity index (χ0v) is 19.3. The second kappa shape index (κ2) is 10.6. The number of amides is 1. The molecule has 0 aliphatic carbocycles. The fraction of sp³-hybridized carbons (Fsp3) is 0.190. The average Bonchev–Trinajstić information content (AvgIpc) is 3.15. The summed E-state index contributed by atoms with van der Waals surface area (Å²) in [7, 11) is 0. The normalized spacial score (nSPS) is 11.7. The van der Waals surface area contributed by atoms with Gasteiger partial charge >= 0.3 is 0 Å². The number of non-ortho nitro benzene ring substituents is 1. The Kier molecular flexibility index (Phi) is 7.89. The van der Waals surface area contributed by atoms with Crippen LogP contribution in [0, 0.1) is 10.1 Å².